The Morgan fingerprint density at radius 1 is 1.02 bits per heavy atom. The van der Waals surface area contributed by atoms with Crippen LogP contribution in [0.3, 0.4) is 0 Å². The van der Waals surface area contributed by atoms with Crippen molar-refractivity contribution in [1.29, 1.82) is 0 Å². The zero-order chi connectivity index (χ0) is 29.9. The fourth-order valence-corrected chi connectivity index (χ4v) is 8.84. The summed E-state index contributed by atoms with van der Waals surface area (Å²) in [6, 6.07) is 5.80. The molecule has 0 amide bonds. The lowest BCUT2D eigenvalue weighted by molar-refractivity contribution is -0.0791. The van der Waals surface area contributed by atoms with E-state index in [0.717, 1.165) is 71.6 Å². The summed E-state index contributed by atoms with van der Waals surface area (Å²) < 4.78 is 11.0. The molecule has 2 aromatic heterocycles. The molecule has 6 aliphatic heterocycles. The van der Waals surface area contributed by atoms with Gasteiger partial charge >= 0.3 is 0 Å². The molecule has 0 spiro atoms. The van der Waals surface area contributed by atoms with Crippen LogP contribution in [0.1, 0.15) is 54.9 Å². The Balaban J connectivity index is 1.01. The number of piperidine rings is 1. The van der Waals surface area contributed by atoms with Gasteiger partial charge in [0.25, 0.3) is 0 Å². The van der Waals surface area contributed by atoms with Gasteiger partial charge in [-0.2, -0.15) is 5.10 Å². The highest BCUT2D eigenvalue weighted by Gasteiger charge is 2.49. The summed E-state index contributed by atoms with van der Waals surface area (Å²) in [5.74, 6) is 0.832. The molecular formula is C31H52N12O. The van der Waals surface area contributed by atoms with E-state index in [-0.39, 0.29) is 30.8 Å². The second-order valence-corrected chi connectivity index (χ2v) is 14.1. The molecular weight excluding hydrogens is 556 g/mol. The van der Waals surface area contributed by atoms with Crippen molar-refractivity contribution >= 4 is 0 Å². The Labute approximate surface area is 261 Å². The molecule has 6 aliphatic rings. The summed E-state index contributed by atoms with van der Waals surface area (Å²) in [6.45, 7) is 9.02. The third kappa shape index (κ3) is 5.44. The monoisotopic (exact) mass is 608 g/mol. The maximum absolute atomic E-state index is 6.61. The highest BCUT2D eigenvalue weighted by molar-refractivity contribution is 5.24. The van der Waals surface area contributed by atoms with E-state index < -0.39 is 0 Å². The van der Waals surface area contributed by atoms with Gasteiger partial charge in [0, 0.05) is 107 Å². The molecule has 0 saturated carbocycles. The first kappa shape index (κ1) is 29.5. The molecule has 8 heterocycles. The van der Waals surface area contributed by atoms with Crippen LogP contribution in [0, 0.1) is 11.8 Å². The molecule has 6 N–H and O–H groups in total. The molecule has 0 aromatic carbocycles. The van der Waals surface area contributed by atoms with Crippen LogP contribution in [-0.2, 0) is 38.3 Å². The van der Waals surface area contributed by atoms with Crippen molar-refractivity contribution < 1.29 is 4.74 Å². The van der Waals surface area contributed by atoms with E-state index in [9.17, 15) is 0 Å². The third-order valence-corrected chi connectivity index (χ3v) is 11.3. The molecule has 5 saturated heterocycles. The van der Waals surface area contributed by atoms with E-state index in [1.165, 1.54) is 22.6 Å². The largest absolute Gasteiger partial charge is 0.361 e. The number of ether oxygens (including phenoxy) is 1. The molecule has 44 heavy (non-hydrogen) atoms. The minimum Gasteiger partial charge on any atom is -0.361 e. The van der Waals surface area contributed by atoms with Gasteiger partial charge in [-0.05, 0) is 44.9 Å². The zero-order valence-corrected chi connectivity index (χ0v) is 26.8. The molecule has 242 valence electrons. The van der Waals surface area contributed by atoms with Gasteiger partial charge in [-0.15, -0.1) is 0 Å². The van der Waals surface area contributed by atoms with Crippen LogP contribution < -0.4 is 32.1 Å². The Hall–Kier alpha value is -1.91. The Bertz CT molecular complexity index is 1310. The van der Waals surface area contributed by atoms with Crippen molar-refractivity contribution in [1.82, 2.24) is 61.4 Å². The van der Waals surface area contributed by atoms with Crippen LogP contribution in [0.15, 0.2) is 18.3 Å². The maximum Gasteiger partial charge on any atom is 0.129 e. The number of rotatable bonds is 3. The average Bonchev–Trinajstić information content (AvgIpc) is 3.77. The standard InChI is InChI=1S/C31H52N12O/c1-19-9-12-44-31-23(15-34-41(31)4)30-32-10-7-27(36-30)35-28-13-26-22(14-33-28)29(38-43(19)26)25-6-5-21(40(25)3)18-42-11-8-24-20(17-42)16-39(2)37-24/h5-6,16,19,22-23,26-36,38H,7-15,17-18H2,1-4H3/t19-,22?,23?,26?,27?,28?,29?,30?,31?/m0/s1. The molecule has 13 nitrogen and oxygen atoms in total. The fourth-order valence-electron chi connectivity index (χ4n) is 8.84. The van der Waals surface area contributed by atoms with E-state index in [2.05, 4.69) is 96.1 Å². The lowest BCUT2D eigenvalue weighted by atomic mass is 9.85. The Morgan fingerprint density at radius 2 is 1.93 bits per heavy atom. The quantitative estimate of drug-likeness (QED) is 0.272. The lowest BCUT2D eigenvalue weighted by Gasteiger charge is -2.43. The number of aryl methyl sites for hydroxylation is 1. The number of hydrogen-bond acceptors (Lipinski definition) is 11. The smallest absolute Gasteiger partial charge is 0.129 e. The second-order valence-electron chi connectivity index (χ2n) is 14.1. The van der Waals surface area contributed by atoms with Crippen LogP contribution in [0.25, 0.3) is 0 Å². The number of nitrogens with zero attached hydrogens (tertiary/aromatic N) is 6. The van der Waals surface area contributed by atoms with Crippen LogP contribution in [0.2, 0.25) is 0 Å². The van der Waals surface area contributed by atoms with E-state index in [4.69, 9.17) is 4.74 Å². The summed E-state index contributed by atoms with van der Waals surface area (Å²) in [7, 11) is 6.40. The van der Waals surface area contributed by atoms with Gasteiger partial charge in [0.05, 0.1) is 36.8 Å². The van der Waals surface area contributed by atoms with Crippen LogP contribution >= 0.6 is 0 Å². The molecule has 5 fully saturated rings. The minimum atomic E-state index is 0.0463. The average molecular weight is 609 g/mol. The lowest BCUT2D eigenvalue weighted by Crippen LogP contribution is -2.67. The first-order chi connectivity index (χ1) is 21.4. The molecule has 8 rings (SSSR count). The second kappa shape index (κ2) is 12.0. The van der Waals surface area contributed by atoms with Crippen LogP contribution in [0.5, 0.6) is 0 Å². The summed E-state index contributed by atoms with van der Waals surface area (Å²) in [5, 5.41) is 24.9. The van der Waals surface area contributed by atoms with Gasteiger partial charge in [-0.25, -0.2) is 15.4 Å². The van der Waals surface area contributed by atoms with Crippen molar-refractivity contribution in [3.63, 3.8) is 0 Å². The summed E-state index contributed by atoms with van der Waals surface area (Å²) in [5.41, 5.74) is 13.0. The van der Waals surface area contributed by atoms with Crippen molar-refractivity contribution in [3.8, 4) is 0 Å². The molecule has 13 heteroatoms. The molecule has 2 aromatic rings. The van der Waals surface area contributed by atoms with Gasteiger partial charge in [-0.3, -0.25) is 25.6 Å². The molecule has 4 bridgehead atoms. The number of aromatic nitrogens is 3. The number of hydrazine groups is 2. The first-order valence-electron chi connectivity index (χ1n) is 16.9. The maximum atomic E-state index is 6.61. The van der Waals surface area contributed by atoms with Crippen molar-refractivity contribution in [3.05, 3.63) is 41.0 Å². The predicted molar refractivity (Wildman–Crippen MR) is 167 cm³/mol. The summed E-state index contributed by atoms with van der Waals surface area (Å²) in [4.78, 5) is 2.56. The topological polar surface area (TPSA) is 114 Å². The van der Waals surface area contributed by atoms with E-state index in [1.54, 1.807) is 0 Å². The highest BCUT2D eigenvalue weighted by atomic mass is 16.5. The third-order valence-electron chi connectivity index (χ3n) is 11.3. The van der Waals surface area contributed by atoms with Gasteiger partial charge in [0.15, 0.2) is 0 Å². The summed E-state index contributed by atoms with van der Waals surface area (Å²) in [6.07, 6.45) is 7.16. The number of hydrogen-bond donors (Lipinski definition) is 6. The van der Waals surface area contributed by atoms with Crippen LogP contribution in [-0.4, -0.2) is 106 Å². The van der Waals surface area contributed by atoms with Gasteiger partial charge < -0.3 is 19.9 Å². The number of nitrogens with one attached hydrogen (secondary N) is 6. The minimum absolute atomic E-state index is 0.0463. The Kier molecular flexibility index (Phi) is 8.06. The van der Waals surface area contributed by atoms with Gasteiger partial charge in [0.2, 0.25) is 0 Å². The predicted octanol–water partition coefficient (Wildman–Crippen LogP) is -0.492. The van der Waals surface area contributed by atoms with Crippen molar-refractivity contribution in [2.75, 3.05) is 39.8 Å². The SMILES string of the molecule is C[C@H]1CCOC2C(CNN2C)C2NCCC(NC3CC4C(CN3)C(c3ccc(CN5CCc6nn(C)cc6C5)n3C)NN41)N2. The van der Waals surface area contributed by atoms with Gasteiger partial charge in [0.1, 0.15) is 6.23 Å². The Morgan fingerprint density at radius 3 is 2.84 bits per heavy atom. The van der Waals surface area contributed by atoms with E-state index in [0.29, 0.717) is 23.9 Å². The number of fused-ring (bicyclic) bond motifs is 6. The highest BCUT2D eigenvalue weighted by Crippen LogP contribution is 2.39. The zero-order valence-electron chi connectivity index (χ0n) is 26.8. The van der Waals surface area contributed by atoms with Gasteiger partial charge in [-0.1, -0.05) is 0 Å². The molecule has 0 radical (unpaired) electrons. The van der Waals surface area contributed by atoms with E-state index in [1.807, 2.05) is 11.7 Å². The van der Waals surface area contributed by atoms with E-state index >= 15 is 0 Å². The molecule has 8 unspecified atom stereocenters. The molecule has 0 aliphatic carbocycles. The fraction of sp³-hybridized carbons (Fsp3) is 0.774. The molecule has 9 atom stereocenters. The normalized spacial score (nSPS) is 38.8. The summed E-state index contributed by atoms with van der Waals surface area (Å²) >= 11 is 0. The van der Waals surface area contributed by atoms with Crippen molar-refractivity contribution in [2.45, 2.75) is 88.5 Å². The van der Waals surface area contributed by atoms with Crippen molar-refractivity contribution in [2.24, 2.45) is 25.9 Å². The first-order valence-corrected chi connectivity index (χ1v) is 16.9. The van der Waals surface area contributed by atoms with Crippen LogP contribution in [0.4, 0.5) is 0 Å².